The highest BCUT2D eigenvalue weighted by molar-refractivity contribution is 7.11. The van der Waals surface area contributed by atoms with E-state index in [2.05, 4.69) is 15.5 Å². The van der Waals surface area contributed by atoms with E-state index in [1.54, 1.807) is 29.4 Å². The normalized spacial score (nSPS) is 12.2. The van der Waals surface area contributed by atoms with Gasteiger partial charge in [0.1, 0.15) is 0 Å². The topological polar surface area (TPSA) is 71.3 Å². The average Bonchev–Trinajstić information content (AvgIpc) is 3.00. The summed E-state index contributed by atoms with van der Waals surface area (Å²) in [5.41, 5.74) is 1.78. The number of rotatable bonds is 4. The van der Waals surface area contributed by atoms with Gasteiger partial charge < -0.3 is 14.7 Å². The van der Waals surface area contributed by atoms with Crippen molar-refractivity contribution in [3.05, 3.63) is 33.1 Å². The molecule has 0 saturated carbocycles. The highest BCUT2D eigenvalue weighted by Crippen LogP contribution is 2.28. The number of carbonyl (C=O) groups is 1. The Labute approximate surface area is 128 Å². The number of carbonyl (C=O) groups excluding carboxylic acids is 1. The molecule has 0 saturated heterocycles. The lowest BCUT2D eigenvalue weighted by Crippen LogP contribution is -2.38. The van der Waals surface area contributed by atoms with E-state index in [-0.39, 0.29) is 12.1 Å². The zero-order chi connectivity index (χ0) is 15.6. The maximum absolute atomic E-state index is 12.2. The molecule has 0 fully saturated rings. The molecular formula is C14H20N4O2S. The summed E-state index contributed by atoms with van der Waals surface area (Å²) in [5.74, 6) is 0.645. The van der Waals surface area contributed by atoms with Gasteiger partial charge in [-0.3, -0.25) is 0 Å². The van der Waals surface area contributed by atoms with E-state index >= 15 is 0 Å². The Hall–Kier alpha value is -1.89. The predicted octanol–water partition coefficient (Wildman–Crippen LogP) is 2.96. The van der Waals surface area contributed by atoms with Crippen LogP contribution in [0.1, 0.15) is 40.0 Å². The van der Waals surface area contributed by atoms with Crippen molar-refractivity contribution in [2.45, 2.75) is 40.3 Å². The molecule has 6 nitrogen and oxygen atoms in total. The van der Waals surface area contributed by atoms with E-state index in [0.717, 1.165) is 21.3 Å². The quantitative estimate of drug-likeness (QED) is 0.942. The SMILES string of the molecule is Cc1cc(CNC(=O)N(C)[C@H](C)c2sc(C)nc2C)on1. The molecule has 1 N–H and O–H groups in total. The third kappa shape index (κ3) is 3.60. The number of thiazole rings is 1. The fourth-order valence-electron chi connectivity index (χ4n) is 2.07. The lowest BCUT2D eigenvalue weighted by Gasteiger charge is -2.24. The molecule has 2 rings (SSSR count). The Balaban J connectivity index is 1.96. The van der Waals surface area contributed by atoms with Gasteiger partial charge in [-0.05, 0) is 27.7 Å². The summed E-state index contributed by atoms with van der Waals surface area (Å²) in [6.45, 7) is 8.12. The summed E-state index contributed by atoms with van der Waals surface area (Å²) >= 11 is 1.62. The molecular weight excluding hydrogens is 288 g/mol. The molecule has 0 aliphatic carbocycles. The van der Waals surface area contributed by atoms with E-state index < -0.39 is 0 Å². The standard InChI is InChI=1S/C14H20N4O2S/c1-8-6-12(20-17-8)7-15-14(19)18(5)10(3)13-9(2)16-11(4)21-13/h6,10H,7H2,1-5H3,(H,15,19)/t10-/m1/s1. The van der Waals surface area contributed by atoms with Crippen molar-refractivity contribution in [3.8, 4) is 0 Å². The number of hydrogen-bond acceptors (Lipinski definition) is 5. The largest absolute Gasteiger partial charge is 0.359 e. The van der Waals surface area contributed by atoms with Crippen LogP contribution in [-0.4, -0.2) is 28.1 Å². The Morgan fingerprint density at radius 1 is 1.48 bits per heavy atom. The van der Waals surface area contributed by atoms with Crippen molar-refractivity contribution >= 4 is 17.4 Å². The van der Waals surface area contributed by atoms with Crippen LogP contribution in [0.25, 0.3) is 0 Å². The minimum absolute atomic E-state index is 0.0207. The van der Waals surface area contributed by atoms with Gasteiger partial charge in [0.15, 0.2) is 5.76 Å². The lowest BCUT2D eigenvalue weighted by atomic mass is 10.2. The molecule has 0 bridgehead atoms. The fourth-order valence-corrected chi connectivity index (χ4v) is 3.10. The molecule has 21 heavy (non-hydrogen) atoms. The van der Waals surface area contributed by atoms with Gasteiger partial charge in [0.25, 0.3) is 0 Å². The van der Waals surface area contributed by atoms with Crippen molar-refractivity contribution in [1.82, 2.24) is 20.4 Å². The highest BCUT2D eigenvalue weighted by Gasteiger charge is 2.21. The second-order valence-corrected chi connectivity index (χ2v) is 6.30. The molecule has 0 aliphatic heterocycles. The molecule has 114 valence electrons. The first kappa shape index (κ1) is 15.5. The Bertz CT molecular complexity index is 635. The zero-order valence-corrected chi connectivity index (χ0v) is 13.7. The maximum Gasteiger partial charge on any atom is 0.318 e. The second-order valence-electron chi connectivity index (χ2n) is 5.06. The first-order chi connectivity index (χ1) is 9.88. The summed E-state index contributed by atoms with van der Waals surface area (Å²) in [6.07, 6.45) is 0. The summed E-state index contributed by atoms with van der Waals surface area (Å²) in [5, 5.41) is 7.63. The smallest absolute Gasteiger partial charge is 0.318 e. The minimum atomic E-state index is -0.151. The van der Waals surface area contributed by atoms with Crippen molar-refractivity contribution in [3.63, 3.8) is 0 Å². The Kier molecular flexibility index (Phi) is 4.62. The van der Waals surface area contributed by atoms with Crippen molar-refractivity contribution in [2.75, 3.05) is 7.05 Å². The maximum atomic E-state index is 12.2. The van der Waals surface area contributed by atoms with Gasteiger partial charge in [-0.25, -0.2) is 9.78 Å². The number of nitrogens with zero attached hydrogens (tertiary/aromatic N) is 3. The van der Waals surface area contributed by atoms with Gasteiger partial charge in [-0.1, -0.05) is 5.16 Å². The van der Waals surface area contributed by atoms with Crippen LogP contribution in [0.2, 0.25) is 0 Å². The van der Waals surface area contributed by atoms with E-state index in [0.29, 0.717) is 12.3 Å². The van der Waals surface area contributed by atoms with E-state index in [4.69, 9.17) is 4.52 Å². The van der Waals surface area contributed by atoms with Gasteiger partial charge in [0.2, 0.25) is 0 Å². The number of urea groups is 1. The van der Waals surface area contributed by atoms with Crippen LogP contribution in [0.3, 0.4) is 0 Å². The van der Waals surface area contributed by atoms with Crippen molar-refractivity contribution in [2.24, 2.45) is 0 Å². The van der Waals surface area contributed by atoms with E-state index in [1.165, 1.54) is 0 Å². The Morgan fingerprint density at radius 2 is 2.19 bits per heavy atom. The molecule has 2 aromatic rings. The lowest BCUT2D eigenvalue weighted by molar-refractivity contribution is 0.193. The summed E-state index contributed by atoms with van der Waals surface area (Å²) < 4.78 is 5.07. The second kappa shape index (κ2) is 6.26. The number of amides is 2. The van der Waals surface area contributed by atoms with Gasteiger partial charge in [-0.2, -0.15) is 0 Å². The minimum Gasteiger partial charge on any atom is -0.359 e. The highest BCUT2D eigenvalue weighted by atomic mass is 32.1. The molecule has 0 radical (unpaired) electrons. The average molecular weight is 308 g/mol. The first-order valence-corrected chi connectivity index (χ1v) is 7.57. The predicted molar refractivity (Wildman–Crippen MR) is 81.2 cm³/mol. The first-order valence-electron chi connectivity index (χ1n) is 6.75. The molecule has 0 aliphatic rings. The van der Waals surface area contributed by atoms with Crippen LogP contribution in [0.5, 0.6) is 0 Å². The van der Waals surface area contributed by atoms with Crippen LogP contribution in [-0.2, 0) is 6.54 Å². The van der Waals surface area contributed by atoms with E-state index in [9.17, 15) is 4.79 Å². The molecule has 0 aromatic carbocycles. The number of hydrogen-bond donors (Lipinski definition) is 1. The van der Waals surface area contributed by atoms with Gasteiger partial charge in [0, 0.05) is 18.0 Å². The fraction of sp³-hybridized carbons (Fsp3) is 0.500. The van der Waals surface area contributed by atoms with Gasteiger partial charge in [0.05, 0.1) is 29.0 Å². The van der Waals surface area contributed by atoms with Crippen molar-refractivity contribution < 1.29 is 9.32 Å². The molecule has 1 atom stereocenters. The van der Waals surface area contributed by atoms with Crippen LogP contribution in [0.15, 0.2) is 10.6 Å². The number of aryl methyl sites for hydroxylation is 3. The number of nitrogens with one attached hydrogen (secondary N) is 1. The third-order valence-corrected chi connectivity index (χ3v) is 4.55. The summed E-state index contributed by atoms with van der Waals surface area (Å²) in [6, 6.07) is 1.63. The molecule has 7 heteroatoms. The number of aromatic nitrogens is 2. The monoisotopic (exact) mass is 308 g/mol. The van der Waals surface area contributed by atoms with Gasteiger partial charge >= 0.3 is 6.03 Å². The molecule has 2 heterocycles. The van der Waals surface area contributed by atoms with Crippen LogP contribution < -0.4 is 5.32 Å². The van der Waals surface area contributed by atoms with Crippen molar-refractivity contribution in [1.29, 1.82) is 0 Å². The van der Waals surface area contributed by atoms with E-state index in [1.807, 2.05) is 27.7 Å². The Morgan fingerprint density at radius 3 is 2.71 bits per heavy atom. The zero-order valence-electron chi connectivity index (χ0n) is 12.9. The molecule has 0 spiro atoms. The van der Waals surface area contributed by atoms with Crippen LogP contribution in [0, 0.1) is 20.8 Å². The molecule has 2 aromatic heterocycles. The van der Waals surface area contributed by atoms with Crippen LogP contribution in [0.4, 0.5) is 4.79 Å². The summed E-state index contributed by atoms with van der Waals surface area (Å²) in [4.78, 5) is 19.4. The molecule has 2 amide bonds. The van der Waals surface area contributed by atoms with Gasteiger partial charge in [-0.15, -0.1) is 11.3 Å². The molecule has 0 unspecified atom stereocenters. The summed E-state index contributed by atoms with van der Waals surface area (Å²) in [7, 11) is 1.78. The van der Waals surface area contributed by atoms with Crippen LogP contribution >= 0.6 is 11.3 Å². The third-order valence-electron chi connectivity index (χ3n) is 3.31.